The second-order valence-corrected chi connectivity index (χ2v) is 8.04. The van der Waals surface area contributed by atoms with Crippen molar-refractivity contribution in [2.45, 2.75) is 52.3 Å². The van der Waals surface area contributed by atoms with E-state index >= 15 is 0 Å². The molecule has 0 aliphatic rings. The number of hydrogen-bond acceptors (Lipinski definition) is 7. The molecule has 1 aromatic heterocycles. The number of nitrogens with zero attached hydrogens (tertiary/aromatic N) is 1. The van der Waals surface area contributed by atoms with Crippen LogP contribution in [0, 0.1) is 18.8 Å². The van der Waals surface area contributed by atoms with Crippen molar-refractivity contribution in [3.05, 3.63) is 75.7 Å². The van der Waals surface area contributed by atoms with Gasteiger partial charge in [0.1, 0.15) is 0 Å². The van der Waals surface area contributed by atoms with Crippen molar-refractivity contribution in [2.24, 2.45) is 0 Å². The summed E-state index contributed by atoms with van der Waals surface area (Å²) < 4.78 is 23.5. The Hall–Kier alpha value is -3.06. The molecule has 0 saturated carbocycles. The summed E-state index contributed by atoms with van der Waals surface area (Å²) >= 11 is 0. The number of aromatic amines is 1. The van der Waals surface area contributed by atoms with Gasteiger partial charge in [-0.15, -0.1) is 0 Å². The standard InChI is InChI=1S/C28H34N2O6/c1-6-33-26(34-7-2)28(35-8-3,36-9-4)18-17-27(32,21-14-12-13-20(5)19-21)24-25(31)30-23-16-11-10-15-22(23)29-24/h10-16,19,26,32H,6-9H2,1-5H3,(H,30,31). The van der Waals surface area contributed by atoms with E-state index in [9.17, 15) is 9.90 Å². The zero-order valence-corrected chi connectivity index (χ0v) is 21.5. The summed E-state index contributed by atoms with van der Waals surface area (Å²) in [5.41, 5.74) is -0.477. The maximum atomic E-state index is 13.2. The number of aliphatic hydroxyl groups is 1. The van der Waals surface area contributed by atoms with Crippen LogP contribution in [-0.2, 0) is 24.5 Å². The molecule has 8 heteroatoms. The van der Waals surface area contributed by atoms with Gasteiger partial charge >= 0.3 is 0 Å². The van der Waals surface area contributed by atoms with Gasteiger partial charge < -0.3 is 29.0 Å². The minimum Gasteiger partial charge on any atom is -0.368 e. The molecule has 1 atom stereocenters. The molecule has 0 aliphatic heterocycles. The maximum Gasteiger partial charge on any atom is 0.287 e. The zero-order chi connectivity index (χ0) is 26.2. The van der Waals surface area contributed by atoms with Gasteiger partial charge in [-0.1, -0.05) is 47.9 Å². The van der Waals surface area contributed by atoms with Crippen LogP contribution in [0.15, 0.2) is 53.3 Å². The van der Waals surface area contributed by atoms with Crippen molar-refractivity contribution < 1.29 is 24.1 Å². The summed E-state index contributed by atoms with van der Waals surface area (Å²) in [5, 5.41) is 12.1. The summed E-state index contributed by atoms with van der Waals surface area (Å²) in [6, 6.07) is 14.2. The Morgan fingerprint density at radius 3 is 2.22 bits per heavy atom. The lowest BCUT2D eigenvalue weighted by Gasteiger charge is -2.35. The molecule has 3 aromatic rings. The second kappa shape index (κ2) is 12.3. The van der Waals surface area contributed by atoms with Gasteiger partial charge in [0.25, 0.3) is 11.3 Å². The van der Waals surface area contributed by atoms with Crippen LogP contribution in [0.2, 0.25) is 0 Å². The van der Waals surface area contributed by atoms with Crippen LogP contribution in [0.25, 0.3) is 11.0 Å². The number of nitrogens with one attached hydrogen (secondary N) is 1. The number of ether oxygens (including phenoxy) is 4. The molecular weight excluding hydrogens is 460 g/mol. The summed E-state index contributed by atoms with van der Waals surface area (Å²) in [6.45, 7) is 10.3. The predicted molar refractivity (Wildman–Crippen MR) is 137 cm³/mol. The molecule has 0 aliphatic carbocycles. The number of rotatable bonds is 11. The lowest BCUT2D eigenvalue weighted by atomic mass is 9.89. The van der Waals surface area contributed by atoms with Crippen molar-refractivity contribution in [1.82, 2.24) is 9.97 Å². The molecule has 0 saturated heterocycles. The Labute approximate surface area is 211 Å². The van der Waals surface area contributed by atoms with E-state index in [1.807, 2.05) is 26.8 Å². The summed E-state index contributed by atoms with van der Waals surface area (Å²) in [4.78, 5) is 20.5. The first kappa shape index (κ1) is 27.5. The minimum atomic E-state index is -2.09. The van der Waals surface area contributed by atoms with Gasteiger partial charge in [0.05, 0.1) is 11.0 Å². The van der Waals surface area contributed by atoms with E-state index in [0.29, 0.717) is 29.8 Å². The summed E-state index contributed by atoms with van der Waals surface area (Å²) in [5.74, 6) is 4.18. The molecule has 3 rings (SSSR count). The topological polar surface area (TPSA) is 103 Å². The van der Waals surface area contributed by atoms with Gasteiger partial charge in [-0.2, -0.15) is 0 Å². The molecule has 0 amide bonds. The highest BCUT2D eigenvalue weighted by atomic mass is 16.8. The van der Waals surface area contributed by atoms with Gasteiger partial charge in [0.15, 0.2) is 11.3 Å². The van der Waals surface area contributed by atoms with Crippen molar-refractivity contribution in [1.29, 1.82) is 0 Å². The average Bonchev–Trinajstić information content (AvgIpc) is 2.87. The molecule has 2 aromatic carbocycles. The van der Waals surface area contributed by atoms with Crippen LogP contribution in [0.4, 0.5) is 0 Å². The van der Waals surface area contributed by atoms with Crippen molar-refractivity contribution in [3.8, 4) is 11.8 Å². The second-order valence-electron chi connectivity index (χ2n) is 8.04. The number of aromatic nitrogens is 2. The third-order valence-electron chi connectivity index (χ3n) is 5.46. The fourth-order valence-corrected chi connectivity index (χ4v) is 3.90. The SMILES string of the molecule is CCOC(OCC)C(C#CC(O)(c1cccc(C)c1)c1nc2ccccc2[nH]c1=O)(OCC)OCC. The Morgan fingerprint density at radius 1 is 0.944 bits per heavy atom. The monoisotopic (exact) mass is 494 g/mol. The molecule has 1 heterocycles. The van der Waals surface area contributed by atoms with Crippen LogP contribution in [0.5, 0.6) is 0 Å². The molecule has 8 nitrogen and oxygen atoms in total. The average molecular weight is 495 g/mol. The van der Waals surface area contributed by atoms with Crippen LogP contribution >= 0.6 is 0 Å². The first-order valence-electron chi connectivity index (χ1n) is 12.2. The lowest BCUT2D eigenvalue weighted by Crippen LogP contribution is -2.50. The molecule has 0 bridgehead atoms. The van der Waals surface area contributed by atoms with Crippen LogP contribution in [0.3, 0.4) is 0 Å². The van der Waals surface area contributed by atoms with E-state index in [0.717, 1.165) is 5.56 Å². The number of fused-ring (bicyclic) bond motifs is 1. The molecule has 192 valence electrons. The predicted octanol–water partition coefficient (Wildman–Crippen LogP) is 3.64. The van der Waals surface area contributed by atoms with Gasteiger partial charge in [-0.25, -0.2) is 4.98 Å². The Bertz CT molecular complexity index is 1270. The molecule has 1 unspecified atom stereocenters. The third kappa shape index (κ3) is 5.84. The highest BCUT2D eigenvalue weighted by molar-refractivity contribution is 5.74. The van der Waals surface area contributed by atoms with Gasteiger partial charge in [0, 0.05) is 32.0 Å². The van der Waals surface area contributed by atoms with E-state index in [4.69, 9.17) is 18.9 Å². The molecule has 36 heavy (non-hydrogen) atoms. The highest BCUT2D eigenvalue weighted by Crippen LogP contribution is 2.29. The number of hydrogen-bond donors (Lipinski definition) is 2. The quantitative estimate of drug-likeness (QED) is 0.310. The van der Waals surface area contributed by atoms with E-state index in [1.165, 1.54) is 0 Å². The van der Waals surface area contributed by atoms with E-state index in [-0.39, 0.29) is 18.9 Å². The lowest BCUT2D eigenvalue weighted by molar-refractivity contribution is -0.321. The highest BCUT2D eigenvalue weighted by Gasteiger charge is 2.43. The number of H-pyrrole nitrogens is 1. The van der Waals surface area contributed by atoms with Crippen molar-refractivity contribution in [3.63, 3.8) is 0 Å². The molecule has 0 fully saturated rings. The molecule has 0 spiro atoms. The number of benzene rings is 2. The van der Waals surface area contributed by atoms with Crippen LogP contribution in [-0.4, -0.2) is 53.6 Å². The van der Waals surface area contributed by atoms with E-state index in [1.54, 1.807) is 56.3 Å². The summed E-state index contributed by atoms with van der Waals surface area (Å²) in [6.07, 6.45) is -0.996. The molecule has 0 radical (unpaired) electrons. The molecule has 2 N–H and O–H groups in total. The van der Waals surface area contributed by atoms with Crippen LogP contribution < -0.4 is 5.56 Å². The smallest absolute Gasteiger partial charge is 0.287 e. The van der Waals surface area contributed by atoms with Gasteiger partial charge in [-0.05, 0) is 52.7 Å². The summed E-state index contributed by atoms with van der Waals surface area (Å²) in [7, 11) is 0. The number of para-hydroxylation sites is 2. The van der Waals surface area contributed by atoms with Gasteiger partial charge in [-0.3, -0.25) is 4.79 Å². The third-order valence-corrected chi connectivity index (χ3v) is 5.46. The fourth-order valence-electron chi connectivity index (χ4n) is 3.90. The largest absolute Gasteiger partial charge is 0.368 e. The zero-order valence-electron chi connectivity index (χ0n) is 21.5. The first-order valence-corrected chi connectivity index (χ1v) is 12.2. The normalized spacial score (nSPS) is 13.4. The Balaban J connectivity index is 2.31. The fraction of sp³-hybridized carbons (Fsp3) is 0.429. The van der Waals surface area contributed by atoms with E-state index < -0.39 is 23.2 Å². The Kier molecular flexibility index (Phi) is 9.37. The van der Waals surface area contributed by atoms with Crippen molar-refractivity contribution >= 4 is 11.0 Å². The first-order chi connectivity index (χ1) is 17.3. The maximum absolute atomic E-state index is 13.2. The number of aryl methyl sites for hydroxylation is 1. The van der Waals surface area contributed by atoms with Gasteiger partial charge in [0.2, 0.25) is 6.29 Å². The van der Waals surface area contributed by atoms with Crippen molar-refractivity contribution in [2.75, 3.05) is 26.4 Å². The van der Waals surface area contributed by atoms with E-state index in [2.05, 4.69) is 21.8 Å². The van der Waals surface area contributed by atoms with Crippen LogP contribution in [0.1, 0.15) is 44.5 Å². The molecular formula is C28H34N2O6. The Morgan fingerprint density at radius 2 is 1.61 bits per heavy atom. The minimum absolute atomic E-state index is 0.162.